The molecule has 3 amide bonds. The van der Waals surface area contributed by atoms with E-state index in [-0.39, 0.29) is 30.9 Å². The van der Waals surface area contributed by atoms with E-state index in [0.717, 1.165) is 19.5 Å². The maximum atomic E-state index is 13.2. The van der Waals surface area contributed by atoms with E-state index in [2.05, 4.69) is 29.4 Å². The van der Waals surface area contributed by atoms with Gasteiger partial charge in [0.15, 0.2) is 5.82 Å². The summed E-state index contributed by atoms with van der Waals surface area (Å²) in [5.41, 5.74) is -0.685. The molecule has 1 N–H and O–H groups in total. The average molecular weight is 371 g/mol. The van der Waals surface area contributed by atoms with Gasteiger partial charge in [-0.15, -0.1) is 22.6 Å². The molecule has 1 spiro atoms. The van der Waals surface area contributed by atoms with Crippen LogP contribution < -0.4 is 5.32 Å². The zero-order valence-corrected chi connectivity index (χ0v) is 15.9. The predicted molar refractivity (Wildman–Crippen MR) is 95.2 cm³/mol. The number of hydrogen-bond donors (Lipinski definition) is 1. The van der Waals surface area contributed by atoms with Gasteiger partial charge < -0.3 is 14.8 Å². The average Bonchev–Trinajstić information content (AvgIpc) is 3.03. The molecule has 0 aromatic carbocycles. The minimum atomic E-state index is -0.685. The van der Waals surface area contributed by atoms with Crippen molar-refractivity contribution in [3.8, 4) is 0 Å². The molecule has 1 aromatic heterocycles. The summed E-state index contributed by atoms with van der Waals surface area (Å²) in [5.74, 6) is 1.02. The summed E-state index contributed by atoms with van der Waals surface area (Å²) < 4.78 is 1.74. The number of halogens is 1. The number of aromatic nitrogens is 3. The van der Waals surface area contributed by atoms with Gasteiger partial charge in [0.05, 0.1) is 6.54 Å². The van der Waals surface area contributed by atoms with Crippen molar-refractivity contribution in [3.63, 3.8) is 0 Å². The second-order valence-corrected chi connectivity index (χ2v) is 7.15. The minimum Gasteiger partial charge on any atom is -0.319 e. The number of rotatable bonds is 5. The number of carbonyl (C=O) groups is 2. The van der Waals surface area contributed by atoms with Crippen LogP contribution in [0.5, 0.6) is 0 Å². The molecule has 0 unspecified atom stereocenters. The largest absolute Gasteiger partial charge is 0.328 e. The Balaban J connectivity index is 0.00000225. The van der Waals surface area contributed by atoms with Crippen LogP contribution in [0.2, 0.25) is 0 Å². The number of aryl methyl sites for hydroxylation is 1. The first kappa shape index (κ1) is 19.7. The molecule has 0 atom stereocenters. The van der Waals surface area contributed by atoms with Crippen LogP contribution in [0.3, 0.4) is 0 Å². The smallest absolute Gasteiger partial charge is 0.319 e. The summed E-state index contributed by atoms with van der Waals surface area (Å²) in [7, 11) is 1.82. The number of imide groups is 1. The molecule has 140 valence electrons. The summed E-state index contributed by atoms with van der Waals surface area (Å²) in [6.45, 7) is 6.59. The van der Waals surface area contributed by atoms with E-state index in [1.54, 1.807) is 10.9 Å². The van der Waals surface area contributed by atoms with E-state index < -0.39 is 5.54 Å². The number of nitrogens with one attached hydrogen (secondary N) is 1. The number of urea groups is 1. The van der Waals surface area contributed by atoms with Crippen molar-refractivity contribution in [2.45, 2.75) is 45.2 Å². The van der Waals surface area contributed by atoms with Gasteiger partial charge in [-0.05, 0) is 38.3 Å². The van der Waals surface area contributed by atoms with Gasteiger partial charge in [-0.3, -0.25) is 9.69 Å². The van der Waals surface area contributed by atoms with E-state index in [1.807, 2.05) is 11.9 Å². The zero-order valence-electron chi connectivity index (χ0n) is 15.1. The van der Waals surface area contributed by atoms with Crippen LogP contribution in [0.1, 0.15) is 38.9 Å². The van der Waals surface area contributed by atoms with E-state index >= 15 is 0 Å². The Kier molecular flexibility index (Phi) is 6.05. The van der Waals surface area contributed by atoms with Gasteiger partial charge in [0.1, 0.15) is 11.9 Å². The molecule has 1 aromatic rings. The Morgan fingerprint density at radius 1 is 1.28 bits per heavy atom. The van der Waals surface area contributed by atoms with Crippen LogP contribution in [0.25, 0.3) is 0 Å². The lowest BCUT2D eigenvalue weighted by molar-refractivity contribution is -0.135. The number of nitrogens with zero attached hydrogens (tertiary/aromatic N) is 5. The molecule has 2 aliphatic heterocycles. The molecule has 3 rings (SSSR count). The molecular weight excluding hydrogens is 344 g/mol. The molecule has 0 aliphatic carbocycles. The third-order valence-electron chi connectivity index (χ3n) is 5.09. The third kappa shape index (κ3) is 3.50. The maximum Gasteiger partial charge on any atom is 0.328 e. The fourth-order valence-electron chi connectivity index (χ4n) is 3.53. The number of carbonyl (C=O) groups excluding carboxylic acids is 2. The first-order valence-corrected chi connectivity index (χ1v) is 8.63. The molecule has 0 radical (unpaired) electrons. The lowest BCUT2D eigenvalue weighted by Crippen LogP contribution is -2.56. The van der Waals surface area contributed by atoms with Gasteiger partial charge in [0.2, 0.25) is 0 Å². The minimum absolute atomic E-state index is 0. The molecule has 2 saturated heterocycles. The van der Waals surface area contributed by atoms with Gasteiger partial charge in [0, 0.05) is 13.6 Å². The van der Waals surface area contributed by atoms with Crippen LogP contribution in [-0.4, -0.2) is 61.7 Å². The molecule has 2 fully saturated rings. The highest BCUT2D eigenvalue weighted by Crippen LogP contribution is 2.36. The molecule has 0 bridgehead atoms. The first-order chi connectivity index (χ1) is 11.5. The van der Waals surface area contributed by atoms with E-state index in [4.69, 9.17) is 0 Å². The molecule has 9 heteroatoms. The van der Waals surface area contributed by atoms with E-state index in [1.165, 1.54) is 4.90 Å². The van der Waals surface area contributed by atoms with E-state index in [9.17, 15) is 9.59 Å². The topological polar surface area (TPSA) is 83.4 Å². The van der Waals surface area contributed by atoms with Crippen molar-refractivity contribution < 1.29 is 9.59 Å². The van der Waals surface area contributed by atoms with Crippen LogP contribution in [0.15, 0.2) is 6.33 Å². The maximum absolute atomic E-state index is 13.2. The van der Waals surface area contributed by atoms with Crippen LogP contribution >= 0.6 is 12.4 Å². The molecule has 3 heterocycles. The Morgan fingerprint density at radius 2 is 1.96 bits per heavy atom. The van der Waals surface area contributed by atoms with Gasteiger partial charge in [-0.25, -0.2) is 4.79 Å². The highest BCUT2D eigenvalue weighted by atomic mass is 35.5. The number of piperidine rings is 1. The standard InChI is InChI=1S/C16H26N6O2.ClH/c1-12(2)4-9-22-15(24)21(10-13-19-18-11-20(13)3)14(23)16(22)5-7-17-8-6-16;/h11-12,17H,4-10H2,1-3H3;1H. The summed E-state index contributed by atoms with van der Waals surface area (Å²) in [4.78, 5) is 29.3. The Hall–Kier alpha value is -1.67. The molecule has 8 nitrogen and oxygen atoms in total. The SMILES string of the molecule is CC(C)CCN1C(=O)N(Cc2nncn2C)C(=O)C12CCNCC2.Cl. The van der Waals surface area contributed by atoms with Gasteiger partial charge in [0.25, 0.3) is 5.91 Å². The molecular formula is C16H27ClN6O2. The Morgan fingerprint density at radius 3 is 2.52 bits per heavy atom. The first-order valence-electron chi connectivity index (χ1n) is 8.63. The molecule has 0 saturated carbocycles. The molecule has 25 heavy (non-hydrogen) atoms. The Bertz CT molecular complexity index is 626. The van der Waals surface area contributed by atoms with Crippen LogP contribution in [-0.2, 0) is 18.4 Å². The fraction of sp³-hybridized carbons (Fsp3) is 0.750. The second-order valence-electron chi connectivity index (χ2n) is 7.15. The lowest BCUT2D eigenvalue weighted by atomic mass is 9.86. The summed E-state index contributed by atoms with van der Waals surface area (Å²) in [6.07, 6.45) is 3.82. The summed E-state index contributed by atoms with van der Waals surface area (Å²) >= 11 is 0. The molecule has 2 aliphatic rings. The van der Waals surface area contributed by atoms with Crippen molar-refractivity contribution in [1.82, 2.24) is 29.9 Å². The fourth-order valence-corrected chi connectivity index (χ4v) is 3.53. The third-order valence-corrected chi connectivity index (χ3v) is 5.09. The van der Waals surface area contributed by atoms with Gasteiger partial charge >= 0.3 is 6.03 Å². The Labute approximate surface area is 154 Å². The predicted octanol–water partition coefficient (Wildman–Crippen LogP) is 1.17. The van der Waals surface area contributed by atoms with Gasteiger partial charge in [-0.1, -0.05) is 13.8 Å². The highest BCUT2D eigenvalue weighted by Gasteiger charge is 2.57. The second kappa shape index (κ2) is 7.70. The summed E-state index contributed by atoms with van der Waals surface area (Å²) in [6, 6.07) is -0.189. The van der Waals surface area contributed by atoms with E-state index in [0.29, 0.717) is 31.1 Å². The van der Waals surface area contributed by atoms with Crippen molar-refractivity contribution in [2.75, 3.05) is 19.6 Å². The lowest BCUT2D eigenvalue weighted by Gasteiger charge is -2.38. The van der Waals surface area contributed by atoms with Crippen molar-refractivity contribution in [2.24, 2.45) is 13.0 Å². The summed E-state index contributed by atoms with van der Waals surface area (Å²) in [5, 5.41) is 11.1. The highest BCUT2D eigenvalue weighted by molar-refractivity contribution is 6.07. The quantitative estimate of drug-likeness (QED) is 0.786. The van der Waals surface area contributed by atoms with Crippen molar-refractivity contribution in [1.29, 1.82) is 0 Å². The van der Waals surface area contributed by atoms with Crippen LogP contribution in [0, 0.1) is 5.92 Å². The normalized spacial score (nSPS) is 19.8. The monoisotopic (exact) mass is 370 g/mol. The van der Waals surface area contributed by atoms with Crippen LogP contribution in [0.4, 0.5) is 4.79 Å². The number of hydrogen-bond acceptors (Lipinski definition) is 5. The van der Waals surface area contributed by atoms with Crippen molar-refractivity contribution >= 4 is 24.3 Å². The zero-order chi connectivity index (χ0) is 17.3. The van der Waals surface area contributed by atoms with Gasteiger partial charge in [-0.2, -0.15) is 0 Å². The number of amides is 3. The van der Waals surface area contributed by atoms with Crippen molar-refractivity contribution in [3.05, 3.63) is 12.2 Å².